The van der Waals surface area contributed by atoms with E-state index >= 15 is 0 Å². The quantitative estimate of drug-likeness (QED) is 0.0237. The largest absolute Gasteiger partial charge is 0.488 e. The maximum Gasteiger partial charge on any atom is 0.408 e. The monoisotopic (exact) mass is 891 g/mol. The second-order valence-electron chi connectivity index (χ2n) is 15.9. The van der Waals surface area contributed by atoms with Crippen LogP contribution in [-0.4, -0.2) is 88.5 Å². The topological polar surface area (TPSA) is 232 Å². The number of hydrogen-bond acceptors (Lipinski definition) is 11. The van der Waals surface area contributed by atoms with Crippen LogP contribution in [0.2, 0.25) is 6.32 Å². The van der Waals surface area contributed by atoms with Gasteiger partial charge < -0.3 is 35.2 Å². The summed E-state index contributed by atoms with van der Waals surface area (Å²) in [5.41, 5.74) is 13.1. The Morgan fingerprint density at radius 2 is 1.42 bits per heavy atom. The molecule has 1 unspecified atom stereocenters. The molecule has 6 rings (SSSR count). The lowest BCUT2D eigenvalue weighted by Crippen LogP contribution is -2.46. The van der Waals surface area contributed by atoms with Gasteiger partial charge in [0.15, 0.2) is 6.73 Å². The first-order valence-corrected chi connectivity index (χ1v) is 21.5. The lowest BCUT2D eigenvalue weighted by atomic mass is 9.91. The number of amides is 5. The molecular weight excluding hydrogens is 841 g/mol. The number of carbonyl (C=O) groups is 5. The molecule has 2 fully saturated rings. The van der Waals surface area contributed by atoms with Crippen molar-refractivity contribution in [2.75, 3.05) is 44.1 Å². The van der Waals surface area contributed by atoms with E-state index in [0.717, 1.165) is 11.4 Å². The van der Waals surface area contributed by atoms with Gasteiger partial charge in [-0.05, 0) is 141 Å². The fraction of sp³-hybridized carbons (Fsp3) is 0.340. The van der Waals surface area contributed by atoms with Crippen LogP contribution in [0.15, 0.2) is 112 Å². The lowest BCUT2D eigenvalue weighted by Gasteiger charge is -2.34. The predicted molar refractivity (Wildman–Crippen MR) is 248 cm³/mol. The molecule has 2 aliphatic rings. The van der Waals surface area contributed by atoms with Gasteiger partial charge in [-0.25, -0.2) is 4.79 Å². The molecule has 4 aromatic carbocycles. The molecule has 66 heavy (non-hydrogen) atoms. The Morgan fingerprint density at radius 3 is 2.02 bits per heavy atom. The fourth-order valence-electron chi connectivity index (χ4n) is 7.33. The van der Waals surface area contributed by atoms with Crippen molar-refractivity contribution in [1.29, 1.82) is 0 Å². The molecule has 4 aromatic rings. The number of azo groups is 1. The maximum atomic E-state index is 14.1. The predicted octanol–water partition coefficient (Wildman–Crippen LogP) is 7.21. The molecule has 2 radical (unpaired) electrons. The van der Waals surface area contributed by atoms with Gasteiger partial charge in [0.25, 0.3) is 11.8 Å². The van der Waals surface area contributed by atoms with Crippen LogP contribution < -0.4 is 30.9 Å². The second kappa shape index (κ2) is 23.7. The molecule has 1 saturated carbocycles. The van der Waals surface area contributed by atoms with E-state index in [2.05, 4.69) is 53.5 Å². The van der Waals surface area contributed by atoms with Gasteiger partial charge >= 0.3 is 6.09 Å². The summed E-state index contributed by atoms with van der Waals surface area (Å²) in [6, 6.07) is 30.0. The van der Waals surface area contributed by atoms with Gasteiger partial charge in [-0.2, -0.15) is 10.2 Å². The molecule has 1 heterocycles. The summed E-state index contributed by atoms with van der Waals surface area (Å²) < 4.78 is 11.3. The van der Waals surface area contributed by atoms with Gasteiger partial charge in [0.05, 0.1) is 19.2 Å². The van der Waals surface area contributed by atoms with Crippen molar-refractivity contribution in [3.63, 3.8) is 0 Å². The Hall–Kier alpha value is -7.84. The van der Waals surface area contributed by atoms with Crippen LogP contribution in [0.25, 0.3) is 10.4 Å². The van der Waals surface area contributed by atoms with Crippen LogP contribution in [-0.2, 0) is 19.1 Å². The first-order chi connectivity index (χ1) is 32.0. The van der Waals surface area contributed by atoms with Crippen molar-refractivity contribution < 1.29 is 33.4 Å². The summed E-state index contributed by atoms with van der Waals surface area (Å²) in [6.45, 7) is 0.287. The van der Waals surface area contributed by atoms with Crippen LogP contribution in [0.3, 0.4) is 0 Å². The first kappa shape index (κ1) is 47.6. The van der Waals surface area contributed by atoms with Crippen molar-refractivity contribution in [1.82, 2.24) is 20.9 Å². The molecule has 0 spiro atoms. The number of azide groups is 1. The van der Waals surface area contributed by atoms with Crippen molar-refractivity contribution in [3.8, 4) is 17.7 Å². The minimum atomic E-state index is -1.30. The molecule has 0 aromatic heterocycles. The Labute approximate surface area is 383 Å². The highest BCUT2D eigenvalue weighted by molar-refractivity contribution is 6.19. The number of nitrogens with zero attached hydrogens (tertiary/aromatic N) is 7. The normalized spacial score (nSPS) is 16.3. The molecule has 338 valence electrons. The first-order valence-electron chi connectivity index (χ1n) is 21.5. The zero-order chi connectivity index (χ0) is 46.8. The van der Waals surface area contributed by atoms with E-state index in [1.54, 1.807) is 77.7 Å². The lowest BCUT2D eigenvalue weighted by molar-refractivity contribution is -0.143. The summed E-state index contributed by atoms with van der Waals surface area (Å²) in [7, 11) is 9.20. The van der Waals surface area contributed by atoms with Gasteiger partial charge in [-0.3, -0.25) is 24.5 Å². The van der Waals surface area contributed by atoms with E-state index in [9.17, 15) is 24.0 Å². The summed E-state index contributed by atoms with van der Waals surface area (Å²) in [5, 5.41) is 23.2. The Balaban J connectivity index is 0.990. The summed E-state index contributed by atoms with van der Waals surface area (Å²) in [6.07, 6.45) is 0.932. The van der Waals surface area contributed by atoms with Crippen LogP contribution in [0.1, 0.15) is 66.1 Å². The summed E-state index contributed by atoms with van der Waals surface area (Å²) in [4.78, 5) is 71.4. The third kappa shape index (κ3) is 14.1. The number of carbonyl (C=O) groups excluding carboxylic acids is 5. The molecule has 1 atom stereocenters. The molecule has 1 aliphatic heterocycles. The number of rotatable bonds is 15. The highest BCUT2D eigenvalue weighted by Crippen LogP contribution is 2.28. The van der Waals surface area contributed by atoms with Gasteiger partial charge in [-0.15, -0.1) is 0 Å². The molecule has 18 nitrogen and oxygen atoms in total. The molecule has 19 heteroatoms. The van der Waals surface area contributed by atoms with Crippen molar-refractivity contribution in [2.24, 2.45) is 21.3 Å². The number of ether oxygens (including phenoxy) is 2. The average molecular weight is 892 g/mol. The van der Waals surface area contributed by atoms with E-state index in [1.165, 1.54) is 0 Å². The molecular formula is C47H50BN11O7. The molecule has 1 aliphatic carbocycles. The third-order valence-electron chi connectivity index (χ3n) is 11.1. The maximum absolute atomic E-state index is 14.1. The van der Waals surface area contributed by atoms with Crippen LogP contribution in [0.5, 0.6) is 5.75 Å². The number of piperidine rings is 1. The van der Waals surface area contributed by atoms with Crippen LogP contribution >= 0.6 is 0 Å². The third-order valence-corrected chi connectivity index (χ3v) is 11.1. The number of hydrogen-bond donors (Lipinski definition) is 4. The zero-order valence-corrected chi connectivity index (χ0v) is 36.7. The minimum absolute atomic E-state index is 0.0983. The second-order valence-corrected chi connectivity index (χ2v) is 15.9. The average Bonchev–Trinajstić information content (AvgIpc) is 3.34. The van der Waals surface area contributed by atoms with E-state index in [1.807, 2.05) is 43.3 Å². The molecule has 0 bridgehead atoms. The van der Waals surface area contributed by atoms with E-state index < -0.39 is 24.0 Å². The van der Waals surface area contributed by atoms with Crippen LogP contribution in [0.4, 0.5) is 27.5 Å². The smallest absolute Gasteiger partial charge is 0.408 e. The highest BCUT2D eigenvalue weighted by atomic mass is 16.6. The summed E-state index contributed by atoms with van der Waals surface area (Å²) >= 11 is 0. The van der Waals surface area contributed by atoms with Crippen molar-refractivity contribution in [3.05, 3.63) is 124 Å². The Bertz CT molecular complexity index is 2450. The number of anilines is 2. The Morgan fingerprint density at radius 1 is 0.818 bits per heavy atom. The van der Waals surface area contributed by atoms with E-state index in [4.69, 9.17) is 22.9 Å². The van der Waals surface area contributed by atoms with Crippen LogP contribution in [0, 0.1) is 17.9 Å². The van der Waals surface area contributed by atoms with Crippen molar-refractivity contribution >= 4 is 60.3 Å². The molecule has 1 saturated heterocycles. The number of likely N-dealkylation sites (tertiary alicyclic amines) is 1. The minimum Gasteiger partial charge on any atom is -0.488 e. The number of benzene rings is 4. The SMILES string of the molecule is [B]CC(=O)NC#Cc1ccc(NC(=O)C2CCN(C(=O)C(OC(=O)NC3CCC(NC(=O)c4ccc(N=Nc5ccc(N(C)C)cc5)cc4)CC3)c3ccc(OCN=[N+]=[N-])cc3)CC2)cc1. The van der Waals surface area contributed by atoms with Crippen molar-refractivity contribution in [2.45, 2.75) is 63.0 Å². The van der Waals surface area contributed by atoms with Gasteiger partial charge in [-0.1, -0.05) is 17.2 Å². The molecule has 5 amide bonds. The van der Waals surface area contributed by atoms with Gasteiger partial charge in [0.2, 0.25) is 17.9 Å². The van der Waals surface area contributed by atoms with Gasteiger partial charge in [0, 0.05) is 84.2 Å². The summed E-state index contributed by atoms with van der Waals surface area (Å²) in [5.74, 6) is 1.58. The number of nitrogens with one attached hydrogen (secondary N) is 4. The van der Waals surface area contributed by atoms with Gasteiger partial charge in [0.1, 0.15) is 5.75 Å². The fourth-order valence-corrected chi connectivity index (χ4v) is 7.33. The number of alkyl carbamates (subject to hydrolysis) is 1. The van der Waals surface area contributed by atoms with E-state index in [0.29, 0.717) is 72.3 Å². The Kier molecular flexibility index (Phi) is 17.1. The molecule has 4 N–H and O–H groups in total. The van der Waals surface area contributed by atoms with E-state index in [-0.39, 0.29) is 56.0 Å². The standard InChI is InChI=1S/C47H50BN11O7/c1-58(2)40-19-17-39(18-20-40)56-55-38-11-5-33(6-12-38)44(61)53-36-13-15-37(16-14-36)54-47(64)66-43(32-7-21-41(22-8-32)65-30-51-57-49)46(63)59-27-24-34(25-28-59)45(62)52-35-9-3-31(4-10-35)23-26-50-42(60)29-48/h3-12,17-22,34,36-37,43H,13-16,24-25,27-30H2,1-2H3,(H,50,60)(H,52,62)(H,53,61)(H,54,64). The highest BCUT2D eigenvalue weighted by Gasteiger charge is 2.35. The zero-order valence-electron chi connectivity index (χ0n) is 36.7.